The van der Waals surface area contributed by atoms with Crippen molar-refractivity contribution < 1.29 is 21.6 Å². The standard InChI is InChI=1S/C16H17F3N2O2S.ClH/c17-13-9-14(18)16(15(19)10-13)24(22,23)21(8-4-7-20)11-12-5-2-1-3-6-12;/h1-3,5-6,9-10H,4,7-8,11,20H2;1H. The first-order valence-corrected chi connectivity index (χ1v) is 8.69. The van der Waals surface area contributed by atoms with Gasteiger partial charge in [-0.15, -0.1) is 12.4 Å². The topological polar surface area (TPSA) is 63.4 Å². The fourth-order valence-electron chi connectivity index (χ4n) is 2.24. The van der Waals surface area contributed by atoms with Crippen molar-refractivity contribution >= 4 is 22.4 Å². The first-order valence-electron chi connectivity index (χ1n) is 7.25. The second-order valence-electron chi connectivity index (χ2n) is 5.16. The second kappa shape index (κ2) is 9.19. The van der Waals surface area contributed by atoms with Crippen LogP contribution in [-0.2, 0) is 16.6 Å². The van der Waals surface area contributed by atoms with E-state index < -0.39 is 32.4 Å². The quantitative estimate of drug-likeness (QED) is 0.785. The Labute approximate surface area is 150 Å². The molecule has 0 aliphatic carbocycles. The molecule has 2 rings (SSSR count). The van der Waals surface area contributed by atoms with Gasteiger partial charge in [-0.1, -0.05) is 30.3 Å². The molecule has 0 unspecified atom stereocenters. The van der Waals surface area contributed by atoms with Gasteiger partial charge in [0.1, 0.15) is 17.5 Å². The molecule has 0 radical (unpaired) electrons. The third-order valence-corrected chi connectivity index (χ3v) is 5.27. The zero-order chi connectivity index (χ0) is 17.7. The van der Waals surface area contributed by atoms with Crippen LogP contribution < -0.4 is 5.73 Å². The van der Waals surface area contributed by atoms with E-state index in [1.54, 1.807) is 30.3 Å². The highest BCUT2D eigenvalue weighted by molar-refractivity contribution is 7.89. The SMILES string of the molecule is Cl.NCCCN(Cc1ccccc1)S(=O)(=O)c1c(F)cc(F)cc1F. The van der Waals surface area contributed by atoms with Gasteiger partial charge in [0.15, 0.2) is 4.90 Å². The molecular formula is C16H18ClF3N2O2S. The van der Waals surface area contributed by atoms with Gasteiger partial charge in [-0.2, -0.15) is 4.31 Å². The summed E-state index contributed by atoms with van der Waals surface area (Å²) in [6.45, 7) is 0.138. The Balaban J connectivity index is 0.00000312. The molecule has 4 nitrogen and oxygen atoms in total. The highest BCUT2D eigenvalue weighted by Gasteiger charge is 2.31. The van der Waals surface area contributed by atoms with Gasteiger partial charge < -0.3 is 5.73 Å². The summed E-state index contributed by atoms with van der Waals surface area (Å²) in [5.41, 5.74) is 6.07. The van der Waals surface area contributed by atoms with Crippen molar-refractivity contribution in [3.05, 3.63) is 65.5 Å². The molecule has 0 heterocycles. The number of nitrogens with zero attached hydrogens (tertiary/aromatic N) is 1. The molecule has 9 heteroatoms. The molecule has 0 fully saturated rings. The van der Waals surface area contributed by atoms with Crippen molar-refractivity contribution in [3.63, 3.8) is 0 Å². The first kappa shape index (κ1) is 21.4. The number of benzene rings is 2. The van der Waals surface area contributed by atoms with Gasteiger partial charge >= 0.3 is 0 Å². The van der Waals surface area contributed by atoms with Gasteiger partial charge in [-0.25, -0.2) is 21.6 Å². The monoisotopic (exact) mass is 394 g/mol. The molecule has 138 valence electrons. The zero-order valence-corrected chi connectivity index (χ0v) is 14.8. The second-order valence-corrected chi connectivity index (χ2v) is 7.04. The highest BCUT2D eigenvalue weighted by Crippen LogP contribution is 2.25. The van der Waals surface area contributed by atoms with Crippen molar-refractivity contribution in [2.45, 2.75) is 17.9 Å². The number of hydrogen-bond donors (Lipinski definition) is 1. The van der Waals surface area contributed by atoms with Crippen LogP contribution in [0.2, 0.25) is 0 Å². The van der Waals surface area contributed by atoms with Crippen LogP contribution in [0.15, 0.2) is 47.4 Å². The normalized spacial score (nSPS) is 11.4. The van der Waals surface area contributed by atoms with E-state index in [9.17, 15) is 21.6 Å². The Hall–Kier alpha value is -1.61. The predicted octanol–water partition coefficient (Wildman–Crippen LogP) is 3.07. The summed E-state index contributed by atoms with van der Waals surface area (Å²) in [4.78, 5) is -1.16. The molecule has 0 saturated heterocycles. The zero-order valence-electron chi connectivity index (χ0n) is 13.2. The van der Waals surface area contributed by atoms with Crippen LogP contribution in [0.4, 0.5) is 13.2 Å². The number of halogens is 4. The van der Waals surface area contributed by atoms with Gasteiger partial charge in [0.05, 0.1) is 0 Å². The van der Waals surface area contributed by atoms with Gasteiger partial charge in [-0.3, -0.25) is 0 Å². The molecule has 0 saturated carbocycles. The summed E-state index contributed by atoms with van der Waals surface area (Å²) in [5, 5.41) is 0. The van der Waals surface area contributed by atoms with Crippen molar-refractivity contribution in [1.29, 1.82) is 0 Å². The molecule has 2 aromatic rings. The maximum atomic E-state index is 13.9. The molecule has 25 heavy (non-hydrogen) atoms. The molecule has 0 bridgehead atoms. The summed E-state index contributed by atoms with van der Waals surface area (Å²) in [5.74, 6) is -4.10. The largest absolute Gasteiger partial charge is 0.330 e. The lowest BCUT2D eigenvalue weighted by Crippen LogP contribution is -2.33. The van der Waals surface area contributed by atoms with E-state index in [2.05, 4.69) is 0 Å². The minimum Gasteiger partial charge on any atom is -0.330 e. The van der Waals surface area contributed by atoms with E-state index in [-0.39, 0.29) is 32.0 Å². The van der Waals surface area contributed by atoms with E-state index in [1.165, 1.54) is 0 Å². The van der Waals surface area contributed by atoms with Crippen LogP contribution in [0, 0.1) is 17.5 Å². The van der Waals surface area contributed by atoms with Crippen molar-refractivity contribution in [2.75, 3.05) is 13.1 Å². The molecule has 0 spiro atoms. The third kappa shape index (κ3) is 5.18. The number of sulfonamides is 1. The lowest BCUT2D eigenvalue weighted by molar-refractivity contribution is 0.392. The fraction of sp³-hybridized carbons (Fsp3) is 0.250. The van der Waals surface area contributed by atoms with Crippen LogP contribution >= 0.6 is 12.4 Å². The Bertz CT molecular complexity index is 781. The Morgan fingerprint density at radius 1 is 1.00 bits per heavy atom. The Morgan fingerprint density at radius 2 is 1.56 bits per heavy atom. The van der Waals surface area contributed by atoms with Crippen LogP contribution in [0.5, 0.6) is 0 Å². The summed E-state index contributed by atoms with van der Waals surface area (Å²) in [7, 11) is -4.49. The summed E-state index contributed by atoms with van der Waals surface area (Å²) >= 11 is 0. The minimum absolute atomic E-state index is 0. The molecule has 0 aromatic heterocycles. The van der Waals surface area contributed by atoms with E-state index in [0.29, 0.717) is 24.1 Å². The van der Waals surface area contributed by atoms with Gasteiger partial charge in [0, 0.05) is 25.2 Å². The Kier molecular flexibility index (Phi) is 7.88. The maximum absolute atomic E-state index is 13.9. The molecule has 2 N–H and O–H groups in total. The smallest absolute Gasteiger partial charge is 0.249 e. The molecule has 0 amide bonds. The Morgan fingerprint density at radius 3 is 2.08 bits per heavy atom. The molecule has 0 aliphatic rings. The van der Waals surface area contributed by atoms with Crippen LogP contribution in [-0.4, -0.2) is 25.8 Å². The van der Waals surface area contributed by atoms with E-state index in [4.69, 9.17) is 5.73 Å². The lowest BCUT2D eigenvalue weighted by Gasteiger charge is -2.22. The van der Waals surface area contributed by atoms with E-state index in [0.717, 1.165) is 4.31 Å². The van der Waals surface area contributed by atoms with Gasteiger partial charge in [0.2, 0.25) is 10.0 Å². The first-order chi connectivity index (χ1) is 11.4. The summed E-state index contributed by atoms with van der Waals surface area (Å²) in [6.07, 6.45) is 0.316. The number of rotatable bonds is 7. The third-order valence-electron chi connectivity index (χ3n) is 3.37. The van der Waals surface area contributed by atoms with Crippen LogP contribution in [0.1, 0.15) is 12.0 Å². The van der Waals surface area contributed by atoms with Gasteiger partial charge in [-0.05, 0) is 18.5 Å². The fourth-order valence-corrected chi connectivity index (χ4v) is 3.80. The number of nitrogens with two attached hydrogens (primary N) is 1. The van der Waals surface area contributed by atoms with Crippen molar-refractivity contribution in [3.8, 4) is 0 Å². The average Bonchev–Trinajstić information content (AvgIpc) is 2.51. The van der Waals surface area contributed by atoms with Gasteiger partial charge in [0.25, 0.3) is 0 Å². The molecular weight excluding hydrogens is 377 g/mol. The van der Waals surface area contributed by atoms with Crippen LogP contribution in [0.25, 0.3) is 0 Å². The van der Waals surface area contributed by atoms with Crippen molar-refractivity contribution in [1.82, 2.24) is 4.31 Å². The molecule has 2 aromatic carbocycles. The summed E-state index contributed by atoms with van der Waals surface area (Å²) < 4.78 is 67.2. The maximum Gasteiger partial charge on any atom is 0.249 e. The lowest BCUT2D eigenvalue weighted by atomic mass is 10.2. The average molecular weight is 395 g/mol. The van der Waals surface area contributed by atoms with Crippen molar-refractivity contribution in [2.24, 2.45) is 5.73 Å². The summed E-state index contributed by atoms with van der Waals surface area (Å²) in [6, 6.07) is 9.30. The minimum atomic E-state index is -4.49. The molecule has 0 aliphatic heterocycles. The predicted molar refractivity (Wildman–Crippen MR) is 91.3 cm³/mol. The number of hydrogen-bond acceptors (Lipinski definition) is 3. The van der Waals surface area contributed by atoms with E-state index in [1.807, 2.05) is 0 Å². The van der Waals surface area contributed by atoms with Crippen LogP contribution in [0.3, 0.4) is 0 Å². The molecule has 0 atom stereocenters. The highest BCUT2D eigenvalue weighted by atomic mass is 35.5. The van der Waals surface area contributed by atoms with E-state index >= 15 is 0 Å².